The van der Waals surface area contributed by atoms with Gasteiger partial charge in [-0.3, -0.25) is 0 Å². The second kappa shape index (κ2) is 5.14. The van der Waals surface area contributed by atoms with Crippen molar-refractivity contribution < 1.29 is 4.74 Å². The van der Waals surface area contributed by atoms with E-state index in [1.807, 2.05) is 25.1 Å². The highest BCUT2D eigenvalue weighted by Gasteiger charge is 2.12. The van der Waals surface area contributed by atoms with E-state index in [-0.39, 0.29) is 6.10 Å². The van der Waals surface area contributed by atoms with E-state index in [4.69, 9.17) is 10.00 Å². The molecule has 0 spiro atoms. The van der Waals surface area contributed by atoms with E-state index in [0.717, 1.165) is 16.5 Å². The van der Waals surface area contributed by atoms with Crippen molar-refractivity contribution in [1.29, 1.82) is 5.26 Å². The molecule has 0 aliphatic rings. The molecule has 0 bridgehead atoms. The minimum absolute atomic E-state index is 0.0118. The molecule has 2 nitrogen and oxygen atoms in total. The lowest BCUT2D eigenvalue weighted by Gasteiger charge is -2.14. The van der Waals surface area contributed by atoms with Gasteiger partial charge in [-0.2, -0.15) is 5.26 Å². The maximum absolute atomic E-state index is 8.96. The summed E-state index contributed by atoms with van der Waals surface area (Å²) in [4.78, 5) is 0. The Balaban J connectivity index is 3.14. The van der Waals surface area contributed by atoms with Crippen molar-refractivity contribution >= 4 is 15.9 Å². The van der Waals surface area contributed by atoms with E-state index < -0.39 is 0 Å². The minimum Gasteiger partial charge on any atom is -0.377 e. The largest absolute Gasteiger partial charge is 0.377 e. The van der Waals surface area contributed by atoms with Gasteiger partial charge in [0.05, 0.1) is 17.7 Å². The van der Waals surface area contributed by atoms with Crippen LogP contribution in [0.25, 0.3) is 0 Å². The first kappa shape index (κ1) is 11.2. The molecule has 0 N–H and O–H groups in total. The summed E-state index contributed by atoms with van der Waals surface area (Å²) in [5.41, 5.74) is 1.63. The lowest BCUT2D eigenvalue weighted by atomic mass is 10.0. The molecule has 0 saturated heterocycles. The number of hydrogen-bond acceptors (Lipinski definition) is 2. The van der Waals surface area contributed by atoms with Crippen molar-refractivity contribution in [1.82, 2.24) is 0 Å². The number of halogens is 1. The van der Waals surface area contributed by atoms with E-state index in [1.54, 1.807) is 7.11 Å². The summed E-state index contributed by atoms with van der Waals surface area (Å²) in [6.45, 7) is 2.04. The Hall–Kier alpha value is -0.850. The molecule has 14 heavy (non-hydrogen) atoms. The van der Waals surface area contributed by atoms with Gasteiger partial charge < -0.3 is 4.74 Å². The highest BCUT2D eigenvalue weighted by atomic mass is 79.9. The van der Waals surface area contributed by atoms with Crippen LogP contribution in [0.1, 0.15) is 30.6 Å². The molecule has 1 rings (SSSR count). The quantitative estimate of drug-likeness (QED) is 0.827. The summed E-state index contributed by atoms with van der Waals surface area (Å²) < 4.78 is 6.22. The fourth-order valence-corrected chi connectivity index (χ4v) is 1.78. The molecule has 0 aromatic heterocycles. The number of methoxy groups -OCH3 is 1. The van der Waals surface area contributed by atoms with Crippen molar-refractivity contribution in [3.05, 3.63) is 33.8 Å². The van der Waals surface area contributed by atoms with E-state index in [1.165, 1.54) is 0 Å². The average Bonchev–Trinajstić information content (AvgIpc) is 2.21. The third-order valence-corrected chi connectivity index (χ3v) is 2.63. The maximum Gasteiger partial charge on any atom is 0.0995 e. The van der Waals surface area contributed by atoms with Gasteiger partial charge in [0.25, 0.3) is 0 Å². The third-order valence-electron chi connectivity index (χ3n) is 2.14. The van der Waals surface area contributed by atoms with Crippen molar-refractivity contribution in [3.63, 3.8) is 0 Å². The van der Waals surface area contributed by atoms with Crippen LogP contribution in [0.4, 0.5) is 0 Å². The Bertz CT molecular complexity index is 353. The van der Waals surface area contributed by atoms with Gasteiger partial charge in [-0.15, -0.1) is 0 Å². The molecule has 74 valence electrons. The zero-order valence-electron chi connectivity index (χ0n) is 8.25. The molecule has 0 fully saturated rings. The topological polar surface area (TPSA) is 33.0 Å². The predicted molar refractivity (Wildman–Crippen MR) is 58.9 cm³/mol. The number of nitrogens with zero attached hydrogens (tertiary/aromatic N) is 1. The summed E-state index contributed by atoms with van der Waals surface area (Å²) >= 11 is 3.34. The summed E-state index contributed by atoms with van der Waals surface area (Å²) in [6.07, 6.45) is 0.880. The average molecular weight is 254 g/mol. The Morgan fingerprint density at radius 3 is 2.79 bits per heavy atom. The highest BCUT2D eigenvalue weighted by Crippen LogP contribution is 2.25. The Morgan fingerprint density at radius 1 is 1.57 bits per heavy atom. The minimum atomic E-state index is 0.0118. The van der Waals surface area contributed by atoms with Crippen LogP contribution < -0.4 is 0 Å². The van der Waals surface area contributed by atoms with Crippen LogP contribution in [-0.2, 0) is 4.74 Å². The van der Waals surface area contributed by atoms with Crippen LogP contribution in [0, 0.1) is 11.3 Å². The molecule has 1 atom stereocenters. The molecule has 0 radical (unpaired) electrons. The Morgan fingerprint density at radius 2 is 2.29 bits per heavy atom. The molecule has 1 aromatic rings. The zero-order chi connectivity index (χ0) is 10.6. The molecule has 3 heteroatoms. The summed E-state index contributed by atoms with van der Waals surface area (Å²) in [7, 11) is 1.66. The first-order chi connectivity index (χ1) is 6.72. The Kier molecular flexibility index (Phi) is 4.12. The zero-order valence-corrected chi connectivity index (χ0v) is 9.84. The number of benzene rings is 1. The number of ether oxygens (including phenoxy) is 1. The first-order valence-electron chi connectivity index (χ1n) is 4.45. The van der Waals surface area contributed by atoms with E-state index in [0.29, 0.717) is 5.56 Å². The maximum atomic E-state index is 8.96. The van der Waals surface area contributed by atoms with Gasteiger partial charge in [0.2, 0.25) is 0 Å². The highest BCUT2D eigenvalue weighted by molar-refractivity contribution is 9.10. The fourth-order valence-electron chi connectivity index (χ4n) is 1.42. The standard InChI is InChI=1S/C11H12BrNO/c1-3-11(14-2)10-5-4-9(12)6-8(10)7-13/h4-6,11H,3H2,1-2H3. The molecule has 0 aliphatic carbocycles. The van der Waals surface area contributed by atoms with Gasteiger partial charge in [0.15, 0.2) is 0 Å². The van der Waals surface area contributed by atoms with Crippen molar-refractivity contribution in [2.75, 3.05) is 7.11 Å². The molecular weight excluding hydrogens is 242 g/mol. The lowest BCUT2D eigenvalue weighted by Crippen LogP contribution is -2.02. The Labute approximate surface area is 92.6 Å². The normalized spacial score (nSPS) is 12.1. The second-order valence-electron chi connectivity index (χ2n) is 2.98. The van der Waals surface area contributed by atoms with Crippen molar-refractivity contribution in [2.45, 2.75) is 19.4 Å². The van der Waals surface area contributed by atoms with Crippen molar-refractivity contribution in [3.8, 4) is 6.07 Å². The van der Waals surface area contributed by atoms with Crippen LogP contribution in [0.2, 0.25) is 0 Å². The molecular formula is C11H12BrNO. The summed E-state index contributed by atoms with van der Waals surface area (Å²) in [5.74, 6) is 0. The third kappa shape index (κ3) is 2.34. The number of nitriles is 1. The van der Waals surface area contributed by atoms with Crippen LogP contribution in [0.3, 0.4) is 0 Å². The molecule has 1 aromatic carbocycles. The van der Waals surface area contributed by atoms with Gasteiger partial charge in [0.1, 0.15) is 0 Å². The molecule has 1 unspecified atom stereocenters. The number of rotatable bonds is 3. The molecule has 0 aliphatic heterocycles. The lowest BCUT2D eigenvalue weighted by molar-refractivity contribution is 0.0998. The van der Waals surface area contributed by atoms with E-state index in [2.05, 4.69) is 22.0 Å². The van der Waals surface area contributed by atoms with E-state index >= 15 is 0 Å². The summed E-state index contributed by atoms with van der Waals surface area (Å²) in [6, 6.07) is 7.85. The summed E-state index contributed by atoms with van der Waals surface area (Å²) in [5, 5.41) is 8.96. The molecule has 0 saturated carbocycles. The van der Waals surface area contributed by atoms with Gasteiger partial charge in [0, 0.05) is 11.6 Å². The van der Waals surface area contributed by atoms with Crippen molar-refractivity contribution in [2.24, 2.45) is 0 Å². The fraction of sp³-hybridized carbons (Fsp3) is 0.364. The predicted octanol–water partition coefficient (Wildman–Crippen LogP) is 3.42. The SMILES string of the molecule is CCC(OC)c1ccc(Br)cc1C#N. The smallest absolute Gasteiger partial charge is 0.0995 e. The molecule has 0 amide bonds. The van der Waals surface area contributed by atoms with Gasteiger partial charge in [-0.05, 0) is 24.1 Å². The number of hydrogen-bond donors (Lipinski definition) is 0. The van der Waals surface area contributed by atoms with Crippen LogP contribution in [0.5, 0.6) is 0 Å². The van der Waals surface area contributed by atoms with Gasteiger partial charge in [-0.25, -0.2) is 0 Å². The van der Waals surface area contributed by atoms with Crippen LogP contribution in [-0.4, -0.2) is 7.11 Å². The monoisotopic (exact) mass is 253 g/mol. The molecule has 0 heterocycles. The van der Waals surface area contributed by atoms with Crippen LogP contribution >= 0.6 is 15.9 Å². The van der Waals surface area contributed by atoms with E-state index in [9.17, 15) is 0 Å². The first-order valence-corrected chi connectivity index (χ1v) is 5.24. The van der Waals surface area contributed by atoms with Crippen LogP contribution in [0.15, 0.2) is 22.7 Å². The van der Waals surface area contributed by atoms with Gasteiger partial charge in [-0.1, -0.05) is 28.9 Å². The van der Waals surface area contributed by atoms with Gasteiger partial charge >= 0.3 is 0 Å². The second-order valence-corrected chi connectivity index (χ2v) is 3.89.